The maximum absolute atomic E-state index is 12.3. The third-order valence-corrected chi connectivity index (χ3v) is 8.94. The van der Waals surface area contributed by atoms with Gasteiger partial charge in [0.2, 0.25) is 5.91 Å². The van der Waals surface area contributed by atoms with Gasteiger partial charge < -0.3 is 14.7 Å². The Kier molecular flexibility index (Phi) is 19.6. The molecule has 2 aromatic rings. The highest BCUT2D eigenvalue weighted by atomic mass is 32.2. The zero-order chi connectivity index (χ0) is 31.1. The second kappa shape index (κ2) is 23.0. The van der Waals surface area contributed by atoms with Gasteiger partial charge in [0, 0.05) is 24.1 Å². The highest BCUT2D eigenvalue weighted by Gasteiger charge is 2.16. The van der Waals surface area contributed by atoms with Crippen LogP contribution in [0.5, 0.6) is 5.75 Å². The van der Waals surface area contributed by atoms with Crippen molar-refractivity contribution in [3.63, 3.8) is 0 Å². The summed E-state index contributed by atoms with van der Waals surface area (Å²) in [5.41, 5.74) is 2.05. The van der Waals surface area contributed by atoms with E-state index in [1.165, 1.54) is 121 Å². The first-order valence-corrected chi connectivity index (χ1v) is 18.1. The molecule has 5 nitrogen and oxygen atoms in total. The smallest absolute Gasteiger partial charge is 0.336 e. The highest BCUT2D eigenvalue weighted by Crippen LogP contribution is 2.27. The Morgan fingerprint density at radius 1 is 0.744 bits per heavy atom. The van der Waals surface area contributed by atoms with Crippen LogP contribution in [-0.2, 0) is 11.2 Å². The number of aromatic carboxylic acids is 1. The van der Waals surface area contributed by atoms with E-state index in [0.717, 1.165) is 31.6 Å². The number of thioether (sulfide) groups is 1. The standard InChI is InChI=1S/C37H57NO4S/c1-4-5-6-7-8-9-10-11-12-13-14-15-16-17-18-19-29-42-34-25-22-32(23-26-34)21-20-28-38(31(2)39)33-24-27-36(43-3)35(30-33)37(40)41/h22-27,30H,4-21,28-29H2,1-3H3,(H,40,41). The molecule has 0 unspecified atom stereocenters. The fourth-order valence-electron chi connectivity index (χ4n) is 5.53. The Bertz CT molecular complexity index is 1040. The first-order chi connectivity index (χ1) is 21.0. The number of aryl methyl sites for hydroxylation is 1. The molecule has 6 heteroatoms. The lowest BCUT2D eigenvalue weighted by molar-refractivity contribution is -0.116. The van der Waals surface area contributed by atoms with Crippen LogP contribution in [0, 0.1) is 0 Å². The van der Waals surface area contributed by atoms with Crippen molar-refractivity contribution in [3.8, 4) is 5.75 Å². The number of hydrogen-bond donors (Lipinski definition) is 1. The zero-order valence-electron chi connectivity index (χ0n) is 27.2. The van der Waals surface area contributed by atoms with Gasteiger partial charge in [-0.15, -0.1) is 11.8 Å². The lowest BCUT2D eigenvalue weighted by Crippen LogP contribution is -2.30. The largest absolute Gasteiger partial charge is 0.494 e. The number of carboxylic acid groups (broad SMARTS) is 1. The molecule has 0 bridgehead atoms. The van der Waals surface area contributed by atoms with E-state index in [-0.39, 0.29) is 11.5 Å². The molecule has 0 aliphatic carbocycles. The molecule has 2 aromatic carbocycles. The number of carbonyl (C=O) groups is 2. The molecular formula is C37H57NO4S. The normalized spacial score (nSPS) is 11.0. The summed E-state index contributed by atoms with van der Waals surface area (Å²) in [6.07, 6.45) is 25.4. The highest BCUT2D eigenvalue weighted by molar-refractivity contribution is 7.98. The quantitative estimate of drug-likeness (QED) is 0.0893. The summed E-state index contributed by atoms with van der Waals surface area (Å²) in [6, 6.07) is 13.5. The van der Waals surface area contributed by atoms with Crippen molar-refractivity contribution in [3.05, 3.63) is 53.6 Å². The van der Waals surface area contributed by atoms with E-state index in [9.17, 15) is 14.7 Å². The molecular weight excluding hydrogens is 554 g/mol. The minimum Gasteiger partial charge on any atom is -0.494 e. The molecule has 0 aliphatic rings. The predicted molar refractivity (Wildman–Crippen MR) is 183 cm³/mol. The maximum Gasteiger partial charge on any atom is 0.336 e. The van der Waals surface area contributed by atoms with Crippen molar-refractivity contribution in [2.24, 2.45) is 0 Å². The van der Waals surface area contributed by atoms with Crippen LogP contribution < -0.4 is 9.64 Å². The molecule has 0 saturated heterocycles. The van der Waals surface area contributed by atoms with Gasteiger partial charge in [-0.1, -0.05) is 115 Å². The van der Waals surface area contributed by atoms with Crippen molar-refractivity contribution in [2.75, 3.05) is 24.3 Å². The van der Waals surface area contributed by atoms with Crippen LogP contribution in [0.25, 0.3) is 0 Å². The molecule has 1 N–H and O–H groups in total. The van der Waals surface area contributed by atoms with Gasteiger partial charge in [-0.05, 0) is 61.4 Å². The number of nitrogens with zero attached hydrogens (tertiary/aromatic N) is 1. The van der Waals surface area contributed by atoms with E-state index in [2.05, 4.69) is 19.1 Å². The molecule has 43 heavy (non-hydrogen) atoms. The first-order valence-electron chi connectivity index (χ1n) is 16.9. The molecule has 1 amide bonds. The van der Waals surface area contributed by atoms with Gasteiger partial charge in [0.15, 0.2) is 0 Å². The molecule has 0 radical (unpaired) electrons. The molecule has 0 aliphatic heterocycles. The Morgan fingerprint density at radius 3 is 1.77 bits per heavy atom. The zero-order valence-corrected chi connectivity index (χ0v) is 28.0. The van der Waals surface area contributed by atoms with Crippen LogP contribution >= 0.6 is 11.8 Å². The molecule has 0 saturated carbocycles. The van der Waals surface area contributed by atoms with E-state index in [1.54, 1.807) is 17.0 Å². The molecule has 240 valence electrons. The fourth-order valence-corrected chi connectivity index (χ4v) is 6.10. The SMILES string of the molecule is CCCCCCCCCCCCCCCCCCOc1ccc(CCCN(C(C)=O)c2ccc(SC)c(C(=O)O)c2)cc1. The summed E-state index contributed by atoms with van der Waals surface area (Å²) in [4.78, 5) is 26.3. The third kappa shape index (κ3) is 15.7. The van der Waals surface area contributed by atoms with E-state index < -0.39 is 5.97 Å². The number of rotatable bonds is 25. The summed E-state index contributed by atoms with van der Waals surface area (Å²) in [5, 5.41) is 9.54. The number of amides is 1. The van der Waals surface area contributed by atoms with Crippen molar-refractivity contribution < 1.29 is 19.4 Å². The average Bonchev–Trinajstić information content (AvgIpc) is 3.01. The minimum atomic E-state index is -0.980. The van der Waals surface area contributed by atoms with Crippen LogP contribution in [0.2, 0.25) is 0 Å². The van der Waals surface area contributed by atoms with Crippen LogP contribution in [0.15, 0.2) is 47.4 Å². The average molecular weight is 612 g/mol. The number of benzene rings is 2. The number of carboxylic acids is 1. The molecule has 0 heterocycles. The number of anilines is 1. The van der Waals surface area contributed by atoms with Gasteiger partial charge in [-0.25, -0.2) is 4.79 Å². The van der Waals surface area contributed by atoms with Crippen LogP contribution in [0.3, 0.4) is 0 Å². The van der Waals surface area contributed by atoms with Crippen molar-refractivity contribution >= 4 is 29.3 Å². The van der Waals surface area contributed by atoms with E-state index in [4.69, 9.17) is 4.74 Å². The summed E-state index contributed by atoms with van der Waals surface area (Å²) in [6.45, 7) is 5.10. The molecule has 0 atom stereocenters. The van der Waals surface area contributed by atoms with Crippen LogP contribution in [0.4, 0.5) is 5.69 Å². The summed E-state index contributed by atoms with van der Waals surface area (Å²) in [5.74, 6) is -0.164. The predicted octanol–water partition coefficient (Wildman–Crippen LogP) is 10.7. The Morgan fingerprint density at radius 2 is 1.28 bits per heavy atom. The number of unbranched alkanes of at least 4 members (excludes halogenated alkanes) is 15. The van der Waals surface area contributed by atoms with Gasteiger partial charge in [0.25, 0.3) is 0 Å². The van der Waals surface area contributed by atoms with E-state index in [1.807, 2.05) is 24.5 Å². The number of ether oxygens (including phenoxy) is 1. The Balaban J connectivity index is 1.53. The van der Waals surface area contributed by atoms with Gasteiger partial charge in [0.1, 0.15) is 5.75 Å². The summed E-state index contributed by atoms with van der Waals surface area (Å²) < 4.78 is 5.96. The van der Waals surface area contributed by atoms with Crippen LogP contribution in [-0.4, -0.2) is 36.4 Å². The molecule has 0 spiro atoms. The van der Waals surface area contributed by atoms with Crippen molar-refractivity contribution in [1.82, 2.24) is 0 Å². The summed E-state index contributed by atoms with van der Waals surface area (Å²) >= 11 is 1.39. The lowest BCUT2D eigenvalue weighted by Gasteiger charge is -2.22. The van der Waals surface area contributed by atoms with Gasteiger partial charge in [0.05, 0.1) is 12.2 Å². The topological polar surface area (TPSA) is 66.8 Å². The monoisotopic (exact) mass is 611 g/mol. The summed E-state index contributed by atoms with van der Waals surface area (Å²) in [7, 11) is 0. The molecule has 2 rings (SSSR count). The number of hydrogen-bond acceptors (Lipinski definition) is 4. The van der Waals surface area contributed by atoms with E-state index in [0.29, 0.717) is 17.1 Å². The fraction of sp³-hybridized carbons (Fsp3) is 0.622. The lowest BCUT2D eigenvalue weighted by atomic mass is 10.0. The van der Waals surface area contributed by atoms with Crippen molar-refractivity contribution in [2.45, 2.75) is 134 Å². The van der Waals surface area contributed by atoms with Crippen LogP contribution in [0.1, 0.15) is 139 Å². The minimum absolute atomic E-state index is 0.0916. The molecule has 0 aromatic heterocycles. The molecule has 0 fully saturated rings. The van der Waals surface area contributed by atoms with Gasteiger partial charge in [-0.3, -0.25) is 4.79 Å². The Hall–Kier alpha value is -2.47. The van der Waals surface area contributed by atoms with Gasteiger partial charge >= 0.3 is 5.97 Å². The number of carbonyl (C=O) groups excluding carboxylic acids is 1. The van der Waals surface area contributed by atoms with E-state index >= 15 is 0 Å². The third-order valence-electron chi connectivity index (χ3n) is 8.14. The first kappa shape index (κ1) is 36.7. The Labute approximate surface area is 266 Å². The second-order valence-electron chi connectivity index (χ2n) is 11.8. The second-order valence-corrected chi connectivity index (χ2v) is 12.6. The van der Waals surface area contributed by atoms with Gasteiger partial charge in [-0.2, -0.15) is 0 Å². The van der Waals surface area contributed by atoms with Crippen molar-refractivity contribution in [1.29, 1.82) is 0 Å². The maximum atomic E-state index is 12.3.